The van der Waals surface area contributed by atoms with Gasteiger partial charge in [-0.2, -0.15) is 0 Å². The van der Waals surface area contributed by atoms with Crippen molar-refractivity contribution in [1.29, 1.82) is 0 Å². The molecule has 0 amide bonds. The van der Waals surface area contributed by atoms with Crippen LogP contribution in [0.5, 0.6) is 0 Å². The lowest BCUT2D eigenvalue weighted by Crippen LogP contribution is -2.44. The van der Waals surface area contributed by atoms with Gasteiger partial charge < -0.3 is 19.9 Å². The second-order valence-electron chi connectivity index (χ2n) is 8.31. The Balaban J connectivity index is 1.56. The van der Waals surface area contributed by atoms with Crippen LogP contribution >= 0.6 is 12.2 Å². The minimum Gasteiger partial charge on any atom is -0.376 e. The zero-order chi connectivity index (χ0) is 21.8. The van der Waals surface area contributed by atoms with Gasteiger partial charge in [0.25, 0.3) is 5.56 Å². The Kier molecular flexibility index (Phi) is 6.68. The molecule has 0 radical (unpaired) electrons. The molecule has 0 spiro atoms. The van der Waals surface area contributed by atoms with E-state index in [1.165, 1.54) is 5.56 Å². The monoisotopic (exact) mass is 435 g/mol. The number of aromatic amines is 1. The first kappa shape index (κ1) is 21.5. The summed E-state index contributed by atoms with van der Waals surface area (Å²) in [4.78, 5) is 17.9. The lowest BCUT2D eigenvalue weighted by Gasteiger charge is -2.30. The molecule has 1 fully saturated rings. The van der Waals surface area contributed by atoms with Gasteiger partial charge in [0.15, 0.2) is 5.11 Å². The van der Waals surface area contributed by atoms with E-state index < -0.39 is 0 Å². The van der Waals surface area contributed by atoms with Gasteiger partial charge >= 0.3 is 0 Å². The van der Waals surface area contributed by atoms with Crippen LogP contribution in [0.15, 0.2) is 59.4 Å². The molecule has 31 heavy (non-hydrogen) atoms. The highest BCUT2D eigenvalue weighted by molar-refractivity contribution is 7.80. The molecule has 162 valence electrons. The molecule has 1 saturated heterocycles. The summed E-state index contributed by atoms with van der Waals surface area (Å²) in [5.74, 6) is 0. The topological polar surface area (TPSA) is 57.4 Å². The van der Waals surface area contributed by atoms with Gasteiger partial charge in [0.1, 0.15) is 0 Å². The number of aromatic nitrogens is 1. The number of H-pyrrole nitrogens is 1. The highest BCUT2D eigenvalue weighted by Gasteiger charge is 2.23. The second kappa shape index (κ2) is 9.62. The average molecular weight is 436 g/mol. The first-order valence-corrected chi connectivity index (χ1v) is 11.2. The van der Waals surface area contributed by atoms with E-state index in [-0.39, 0.29) is 17.7 Å². The van der Waals surface area contributed by atoms with Crippen LogP contribution in [0.4, 0.5) is 0 Å². The van der Waals surface area contributed by atoms with Crippen molar-refractivity contribution in [3.63, 3.8) is 0 Å². The molecule has 3 aromatic rings. The molecular formula is C25H29N3O2S. The van der Waals surface area contributed by atoms with E-state index in [2.05, 4.69) is 40.3 Å². The highest BCUT2D eigenvalue weighted by Crippen LogP contribution is 2.18. The fraction of sp³-hybridized carbons (Fsp3) is 0.360. The van der Waals surface area contributed by atoms with Gasteiger partial charge in [0.2, 0.25) is 0 Å². The minimum atomic E-state index is -0.0747. The van der Waals surface area contributed by atoms with E-state index >= 15 is 0 Å². The summed E-state index contributed by atoms with van der Waals surface area (Å²) in [7, 11) is 0. The summed E-state index contributed by atoms with van der Waals surface area (Å²) in [6.45, 7) is 6.00. The Morgan fingerprint density at radius 3 is 2.81 bits per heavy atom. The lowest BCUT2D eigenvalue weighted by atomic mass is 10.1. The van der Waals surface area contributed by atoms with Crippen molar-refractivity contribution in [3.8, 4) is 0 Å². The molecule has 2 N–H and O–H groups in total. The molecule has 5 nitrogen and oxygen atoms in total. The number of fused-ring (bicyclic) bond motifs is 1. The predicted molar refractivity (Wildman–Crippen MR) is 129 cm³/mol. The first-order chi connectivity index (χ1) is 15.0. The molecule has 2 aromatic carbocycles. The molecule has 1 aliphatic rings. The summed E-state index contributed by atoms with van der Waals surface area (Å²) >= 11 is 5.79. The maximum atomic E-state index is 12.8. The van der Waals surface area contributed by atoms with Crippen molar-refractivity contribution < 1.29 is 4.74 Å². The van der Waals surface area contributed by atoms with Gasteiger partial charge in [-0.3, -0.25) is 4.79 Å². The Hall–Kier alpha value is -2.70. The number of hydrogen-bond donors (Lipinski definition) is 2. The molecule has 0 bridgehead atoms. The van der Waals surface area contributed by atoms with E-state index in [0.29, 0.717) is 23.8 Å². The average Bonchev–Trinajstić information content (AvgIpc) is 3.27. The number of benzene rings is 2. The summed E-state index contributed by atoms with van der Waals surface area (Å²) in [6.07, 6.45) is 2.21. The van der Waals surface area contributed by atoms with Crippen molar-refractivity contribution in [3.05, 3.63) is 81.6 Å². The first-order valence-electron chi connectivity index (χ1n) is 10.8. The van der Waals surface area contributed by atoms with Crippen molar-refractivity contribution in [2.75, 3.05) is 13.2 Å². The smallest absolute Gasteiger partial charge is 0.253 e. The zero-order valence-electron chi connectivity index (χ0n) is 18.1. The predicted octanol–water partition coefficient (Wildman–Crippen LogP) is 4.45. The number of nitrogens with zero attached hydrogens (tertiary/aromatic N) is 1. The summed E-state index contributed by atoms with van der Waals surface area (Å²) in [6, 6.07) is 18.4. The normalized spacial score (nSPS) is 16.9. The zero-order valence-corrected chi connectivity index (χ0v) is 18.9. The molecule has 4 rings (SSSR count). The quantitative estimate of drug-likeness (QED) is 0.560. The third-order valence-electron chi connectivity index (χ3n) is 5.81. The standard InChI is InChI=1S/C25H29N3O2S/c1-17-10-11-20-14-21(24(29)27-23(20)13-17)15-28(16-22-9-6-12-30-22)25(31)26-18(2)19-7-4-3-5-8-19/h3-5,7-8,10-11,13-14,18,22H,6,9,12,15-16H2,1-2H3,(H,26,31)(H,27,29). The summed E-state index contributed by atoms with van der Waals surface area (Å²) < 4.78 is 5.86. The third kappa shape index (κ3) is 5.32. The van der Waals surface area contributed by atoms with Gasteiger partial charge in [0, 0.05) is 24.2 Å². The maximum Gasteiger partial charge on any atom is 0.253 e. The number of hydrogen-bond acceptors (Lipinski definition) is 3. The SMILES string of the molecule is Cc1ccc2cc(CN(CC3CCCO3)C(=S)NC(C)c3ccccc3)c(=O)[nH]c2c1. The molecule has 0 saturated carbocycles. The third-order valence-corrected chi connectivity index (χ3v) is 6.19. The van der Waals surface area contributed by atoms with Gasteiger partial charge in [-0.05, 0) is 67.6 Å². The number of rotatable bonds is 6. The summed E-state index contributed by atoms with van der Waals surface area (Å²) in [5, 5.41) is 5.10. The van der Waals surface area contributed by atoms with E-state index in [9.17, 15) is 4.79 Å². The number of pyridine rings is 1. The number of nitrogens with one attached hydrogen (secondary N) is 2. The van der Waals surface area contributed by atoms with Crippen molar-refractivity contribution in [2.45, 2.75) is 45.4 Å². The number of thiocarbonyl (C=S) groups is 1. The Morgan fingerprint density at radius 2 is 2.06 bits per heavy atom. The molecular weight excluding hydrogens is 406 g/mol. The Bertz CT molecular complexity index is 1110. The lowest BCUT2D eigenvalue weighted by molar-refractivity contribution is 0.0895. The van der Waals surface area contributed by atoms with E-state index in [1.807, 2.05) is 43.3 Å². The molecule has 1 aliphatic heterocycles. The Morgan fingerprint density at radius 1 is 1.26 bits per heavy atom. The summed E-state index contributed by atoms with van der Waals surface area (Å²) in [5.41, 5.74) is 3.77. The largest absolute Gasteiger partial charge is 0.376 e. The molecule has 1 aromatic heterocycles. The van der Waals surface area contributed by atoms with Gasteiger partial charge in [-0.1, -0.05) is 42.5 Å². The van der Waals surface area contributed by atoms with Crippen LogP contribution in [0.25, 0.3) is 10.9 Å². The number of ether oxygens (including phenoxy) is 1. The number of aryl methyl sites for hydroxylation is 1. The van der Waals surface area contributed by atoms with Crippen molar-refractivity contribution in [2.24, 2.45) is 0 Å². The van der Waals surface area contributed by atoms with E-state index in [0.717, 1.165) is 35.9 Å². The molecule has 2 atom stereocenters. The van der Waals surface area contributed by atoms with Gasteiger partial charge in [-0.15, -0.1) is 0 Å². The fourth-order valence-electron chi connectivity index (χ4n) is 4.04. The van der Waals surface area contributed by atoms with Crippen LogP contribution in [0.3, 0.4) is 0 Å². The van der Waals surface area contributed by atoms with E-state index in [4.69, 9.17) is 17.0 Å². The van der Waals surface area contributed by atoms with Crippen LogP contribution in [0.2, 0.25) is 0 Å². The van der Waals surface area contributed by atoms with E-state index in [1.54, 1.807) is 0 Å². The van der Waals surface area contributed by atoms with Crippen molar-refractivity contribution in [1.82, 2.24) is 15.2 Å². The highest BCUT2D eigenvalue weighted by atomic mass is 32.1. The fourth-order valence-corrected chi connectivity index (χ4v) is 4.35. The molecule has 6 heteroatoms. The van der Waals surface area contributed by atoms with Crippen LogP contribution in [0.1, 0.15) is 42.5 Å². The second-order valence-corrected chi connectivity index (χ2v) is 8.70. The van der Waals surface area contributed by atoms with Gasteiger partial charge in [0.05, 0.1) is 18.7 Å². The minimum absolute atomic E-state index is 0.0681. The van der Waals surface area contributed by atoms with Crippen LogP contribution < -0.4 is 10.9 Å². The molecule has 2 unspecified atom stereocenters. The molecule has 2 heterocycles. The van der Waals surface area contributed by atoms with Crippen LogP contribution in [-0.4, -0.2) is 34.3 Å². The van der Waals surface area contributed by atoms with Crippen LogP contribution in [0, 0.1) is 6.92 Å². The maximum absolute atomic E-state index is 12.8. The van der Waals surface area contributed by atoms with Crippen LogP contribution in [-0.2, 0) is 11.3 Å². The Labute approximate surface area is 188 Å². The van der Waals surface area contributed by atoms with Gasteiger partial charge in [-0.25, -0.2) is 0 Å². The van der Waals surface area contributed by atoms with Crippen molar-refractivity contribution >= 4 is 28.2 Å². The molecule has 0 aliphatic carbocycles.